The van der Waals surface area contributed by atoms with Crippen molar-refractivity contribution >= 4 is 29.8 Å². The third-order valence-electron chi connectivity index (χ3n) is 1.98. The highest BCUT2D eigenvalue weighted by atomic mass is 32.1. The Morgan fingerprint density at radius 2 is 2.47 bits per heavy atom. The topological polar surface area (TPSA) is 81.0 Å². The Bertz CT molecular complexity index is 362. The van der Waals surface area contributed by atoms with Gasteiger partial charge in [-0.25, -0.2) is 9.98 Å². The van der Waals surface area contributed by atoms with Gasteiger partial charge in [-0.15, -0.1) is 0 Å². The molecule has 2 rings (SSSR count). The molecule has 1 unspecified atom stereocenters. The Morgan fingerprint density at radius 3 is 3.20 bits per heavy atom. The molecule has 1 atom stereocenters. The maximum absolute atomic E-state index is 8.73. The van der Waals surface area contributed by atoms with Crippen LogP contribution in [0.3, 0.4) is 0 Å². The summed E-state index contributed by atoms with van der Waals surface area (Å²) in [4.78, 5) is 8.16. The van der Waals surface area contributed by atoms with Crippen LogP contribution in [0.1, 0.15) is 0 Å². The summed E-state index contributed by atoms with van der Waals surface area (Å²) in [6.07, 6.45) is 1.33. The van der Waals surface area contributed by atoms with E-state index >= 15 is 0 Å². The molecule has 6 nitrogen and oxygen atoms in total. The van der Waals surface area contributed by atoms with Crippen molar-refractivity contribution in [3.8, 4) is 0 Å². The molecular weight excluding hydrogens is 214 g/mol. The first kappa shape index (κ1) is 10.1. The van der Waals surface area contributed by atoms with Gasteiger partial charge in [0.25, 0.3) is 0 Å². The molecule has 0 saturated heterocycles. The van der Waals surface area contributed by atoms with Crippen LogP contribution in [0, 0.1) is 0 Å². The molecule has 0 spiro atoms. The number of aliphatic hydroxyl groups excluding tert-OH is 1. The Morgan fingerprint density at radius 1 is 1.60 bits per heavy atom. The van der Waals surface area contributed by atoms with Gasteiger partial charge in [-0.3, -0.25) is 0 Å². The van der Waals surface area contributed by atoms with Crippen molar-refractivity contribution in [1.82, 2.24) is 16.0 Å². The van der Waals surface area contributed by atoms with E-state index in [0.29, 0.717) is 12.4 Å². The number of amidine groups is 1. The molecule has 7 heteroatoms. The third kappa shape index (κ3) is 1.97. The highest BCUT2D eigenvalue weighted by Crippen LogP contribution is 2.11. The summed E-state index contributed by atoms with van der Waals surface area (Å²) in [5, 5.41) is 19.5. The Hall–Kier alpha value is -1.47. The van der Waals surface area contributed by atoms with E-state index in [0.717, 1.165) is 11.5 Å². The molecule has 0 aromatic rings. The van der Waals surface area contributed by atoms with Crippen LogP contribution >= 0.6 is 12.2 Å². The van der Waals surface area contributed by atoms with Crippen LogP contribution in [-0.2, 0) is 0 Å². The lowest BCUT2D eigenvalue weighted by molar-refractivity contribution is 0.295. The number of fused-ring (bicyclic) bond motifs is 1. The van der Waals surface area contributed by atoms with E-state index in [1.165, 1.54) is 6.34 Å². The van der Waals surface area contributed by atoms with Crippen molar-refractivity contribution in [3.63, 3.8) is 0 Å². The van der Waals surface area contributed by atoms with Crippen LogP contribution in [0.4, 0.5) is 0 Å². The summed E-state index contributed by atoms with van der Waals surface area (Å²) in [5.41, 5.74) is 0.719. The van der Waals surface area contributed by atoms with Crippen molar-refractivity contribution < 1.29 is 5.11 Å². The summed E-state index contributed by atoms with van der Waals surface area (Å²) in [6, 6.07) is 0. The Labute approximate surface area is 92.2 Å². The lowest BCUT2D eigenvalue weighted by atomic mass is 10.3. The maximum atomic E-state index is 8.73. The first-order chi connectivity index (χ1) is 7.35. The number of nitrogens with zero attached hydrogens (tertiary/aromatic N) is 2. The summed E-state index contributed by atoms with van der Waals surface area (Å²) in [6.45, 7) is 0.517. The molecule has 0 radical (unpaired) electrons. The predicted octanol–water partition coefficient (Wildman–Crippen LogP) is -1.30. The number of thiocarbonyl (C=S) groups is 1. The van der Waals surface area contributed by atoms with E-state index in [1.54, 1.807) is 5.37 Å². The van der Waals surface area contributed by atoms with E-state index in [2.05, 4.69) is 25.9 Å². The van der Waals surface area contributed by atoms with Crippen LogP contribution in [0.15, 0.2) is 21.5 Å². The van der Waals surface area contributed by atoms with Crippen LogP contribution in [-0.4, -0.2) is 42.0 Å². The fourth-order valence-corrected chi connectivity index (χ4v) is 1.48. The van der Waals surface area contributed by atoms with Gasteiger partial charge in [0, 0.05) is 11.9 Å². The second kappa shape index (κ2) is 4.37. The number of hydrogen-bond acceptors (Lipinski definition) is 7. The lowest BCUT2D eigenvalue weighted by Gasteiger charge is -2.27. The molecule has 0 saturated carbocycles. The number of rotatable bonds is 4. The number of hydrogen-bond donors (Lipinski definition) is 4. The second-order valence-electron chi connectivity index (χ2n) is 3.00. The molecular formula is C8H11N5OS. The SMILES string of the molecule is OCCNC1=C2N=CN=C2NC(C=S)N1. The number of aliphatic hydroxyl groups is 1. The smallest absolute Gasteiger partial charge is 0.159 e. The standard InChI is InChI=1S/C8H11N5OS/c14-2-1-9-7-6-8(11-4-10-6)13-5(3-15)12-7/h3-5,9,12,14H,1-2H2,(H,10,11,13). The minimum atomic E-state index is -0.148. The summed E-state index contributed by atoms with van der Waals surface area (Å²) in [5.74, 6) is 1.43. The molecule has 0 bridgehead atoms. The van der Waals surface area contributed by atoms with Gasteiger partial charge in [-0.2, -0.15) is 0 Å². The van der Waals surface area contributed by atoms with E-state index < -0.39 is 0 Å². The van der Waals surface area contributed by atoms with E-state index in [1.807, 2.05) is 0 Å². The van der Waals surface area contributed by atoms with Crippen molar-refractivity contribution in [1.29, 1.82) is 0 Å². The summed E-state index contributed by atoms with van der Waals surface area (Å²) >= 11 is 4.85. The highest BCUT2D eigenvalue weighted by Gasteiger charge is 2.24. The van der Waals surface area contributed by atoms with Gasteiger partial charge in [0.05, 0.1) is 6.61 Å². The van der Waals surface area contributed by atoms with Gasteiger partial charge >= 0.3 is 0 Å². The zero-order chi connectivity index (χ0) is 10.7. The Balaban J connectivity index is 2.19. The van der Waals surface area contributed by atoms with E-state index in [4.69, 9.17) is 17.3 Å². The molecule has 0 aliphatic carbocycles. The average Bonchev–Trinajstić information content (AvgIpc) is 2.73. The van der Waals surface area contributed by atoms with Crippen molar-refractivity contribution in [2.45, 2.75) is 6.17 Å². The summed E-state index contributed by atoms with van der Waals surface area (Å²) < 4.78 is 0. The largest absolute Gasteiger partial charge is 0.395 e. The molecule has 2 aliphatic heterocycles. The van der Waals surface area contributed by atoms with Crippen LogP contribution in [0.25, 0.3) is 0 Å². The normalized spacial score (nSPS) is 22.7. The van der Waals surface area contributed by atoms with Gasteiger partial charge < -0.3 is 21.1 Å². The van der Waals surface area contributed by atoms with E-state index in [-0.39, 0.29) is 12.8 Å². The third-order valence-corrected chi connectivity index (χ3v) is 2.25. The van der Waals surface area contributed by atoms with Gasteiger partial charge in [-0.05, 0) is 0 Å². The molecule has 0 aromatic carbocycles. The predicted molar refractivity (Wildman–Crippen MR) is 61.8 cm³/mol. The zero-order valence-corrected chi connectivity index (χ0v) is 8.71. The fraction of sp³-hybridized carbons (Fsp3) is 0.375. The van der Waals surface area contributed by atoms with Crippen molar-refractivity contribution in [2.75, 3.05) is 13.2 Å². The summed E-state index contributed by atoms with van der Waals surface area (Å²) in [7, 11) is 0. The van der Waals surface area contributed by atoms with Crippen molar-refractivity contribution in [2.24, 2.45) is 9.98 Å². The van der Waals surface area contributed by atoms with Crippen LogP contribution < -0.4 is 16.0 Å². The van der Waals surface area contributed by atoms with Gasteiger partial charge in [0.1, 0.15) is 24.0 Å². The number of nitrogens with one attached hydrogen (secondary N) is 3. The molecule has 0 amide bonds. The molecule has 2 heterocycles. The highest BCUT2D eigenvalue weighted by molar-refractivity contribution is 7.79. The lowest BCUT2D eigenvalue weighted by Crippen LogP contribution is -2.53. The molecule has 2 aliphatic rings. The molecule has 80 valence electrons. The quantitative estimate of drug-likeness (QED) is 0.447. The fourth-order valence-electron chi connectivity index (χ4n) is 1.35. The second-order valence-corrected chi connectivity index (χ2v) is 3.27. The monoisotopic (exact) mass is 225 g/mol. The minimum absolute atomic E-state index is 0.0599. The van der Waals surface area contributed by atoms with Gasteiger partial charge in [0.2, 0.25) is 0 Å². The first-order valence-electron chi connectivity index (χ1n) is 4.53. The first-order valence-corrected chi connectivity index (χ1v) is 5.00. The van der Waals surface area contributed by atoms with Crippen LogP contribution in [0.2, 0.25) is 0 Å². The van der Waals surface area contributed by atoms with Crippen molar-refractivity contribution in [3.05, 3.63) is 11.5 Å². The van der Waals surface area contributed by atoms with Crippen LogP contribution in [0.5, 0.6) is 0 Å². The number of aliphatic imine (C=N–C) groups is 2. The molecule has 4 N–H and O–H groups in total. The van der Waals surface area contributed by atoms with E-state index in [9.17, 15) is 0 Å². The van der Waals surface area contributed by atoms with Gasteiger partial charge in [-0.1, -0.05) is 12.2 Å². The maximum Gasteiger partial charge on any atom is 0.159 e. The molecule has 15 heavy (non-hydrogen) atoms. The molecule has 0 fully saturated rings. The van der Waals surface area contributed by atoms with Gasteiger partial charge in [0.15, 0.2) is 5.84 Å². The Kier molecular flexibility index (Phi) is 2.93. The zero-order valence-electron chi connectivity index (χ0n) is 7.90. The minimum Gasteiger partial charge on any atom is -0.395 e. The molecule has 0 aromatic heterocycles. The average molecular weight is 225 g/mol.